The molecule has 0 unspecified atom stereocenters. The smallest absolute Gasteiger partial charge is 0.252 e. The Bertz CT molecular complexity index is 473. The minimum absolute atomic E-state index is 0.201. The van der Waals surface area contributed by atoms with Crippen LogP contribution in [0.1, 0.15) is 23.2 Å². The fraction of sp³-hybridized carbons (Fsp3) is 0.462. The molecule has 1 aromatic carbocycles. The highest BCUT2D eigenvalue weighted by Crippen LogP contribution is 2.23. The van der Waals surface area contributed by atoms with Gasteiger partial charge in [-0.25, -0.2) is 0 Å². The van der Waals surface area contributed by atoms with Gasteiger partial charge in [-0.1, -0.05) is 15.9 Å². The van der Waals surface area contributed by atoms with E-state index in [1.165, 1.54) is 0 Å². The maximum absolute atomic E-state index is 12.1. The number of hydrogen-bond acceptors (Lipinski definition) is 3. The third-order valence-electron chi connectivity index (χ3n) is 3.17. The van der Waals surface area contributed by atoms with E-state index in [2.05, 4.69) is 37.2 Å². The number of ether oxygens (including phenoxy) is 1. The number of carbonyl (C=O) groups excluding carboxylic acids is 1. The minimum atomic E-state index is -0.855. The highest BCUT2D eigenvalue weighted by Gasteiger charge is 2.30. The molecule has 0 radical (unpaired) electrons. The summed E-state index contributed by atoms with van der Waals surface area (Å²) in [6.07, 6.45) is 1.10. The second kappa shape index (κ2) is 6.35. The molecule has 0 spiro atoms. The van der Waals surface area contributed by atoms with E-state index in [0.29, 0.717) is 31.6 Å². The summed E-state index contributed by atoms with van der Waals surface area (Å²) in [5, 5.41) is 13.1. The van der Waals surface area contributed by atoms with Gasteiger partial charge in [0.15, 0.2) is 0 Å². The molecule has 1 saturated heterocycles. The number of carbonyl (C=O) groups is 1. The van der Waals surface area contributed by atoms with E-state index in [4.69, 9.17) is 4.74 Å². The molecule has 1 heterocycles. The van der Waals surface area contributed by atoms with Gasteiger partial charge in [0.1, 0.15) is 0 Å². The van der Waals surface area contributed by atoms with Crippen LogP contribution in [0.25, 0.3) is 0 Å². The fourth-order valence-electron chi connectivity index (χ4n) is 1.94. The molecule has 0 bridgehead atoms. The molecule has 0 aromatic heterocycles. The highest BCUT2D eigenvalue weighted by molar-refractivity contribution is 9.11. The van der Waals surface area contributed by atoms with E-state index in [0.717, 1.165) is 8.95 Å². The molecule has 0 aliphatic carbocycles. The van der Waals surface area contributed by atoms with Crippen LogP contribution in [0, 0.1) is 0 Å². The summed E-state index contributed by atoms with van der Waals surface area (Å²) in [7, 11) is 0. The quantitative estimate of drug-likeness (QED) is 0.830. The zero-order valence-corrected chi connectivity index (χ0v) is 13.5. The lowest BCUT2D eigenvalue weighted by atomic mass is 9.94. The molecule has 1 aliphatic rings. The normalized spacial score (nSPS) is 18.1. The number of amides is 1. The van der Waals surface area contributed by atoms with Crippen LogP contribution in [0.2, 0.25) is 0 Å². The Balaban J connectivity index is 1.99. The maximum atomic E-state index is 12.1. The van der Waals surface area contributed by atoms with Crippen LogP contribution in [0.4, 0.5) is 0 Å². The van der Waals surface area contributed by atoms with E-state index in [1.54, 1.807) is 6.07 Å². The minimum Gasteiger partial charge on any atom is -0.388 e. The summed E-state index contributed by atoms with van der Waals surface area (Å²) in [5.41, 5.74) is -0.308. The van der Waals surface area contributed by atoms with Gasteiger partial charge in [-0.3, -0.25) is 4.79 Å². The van der Waals surface area contributed by atoms with Gasteiger partial charge in [0.25, 0.3) is 5.91 Å². The molecule has 0 atom stereocenters. The van der Waals surface area contributed by atoms with Gasteiger partial charge in [0, 0.05) is 41.5 Å². The lowest BCUT2D eigenvalue weighted by Crippen LogP contribution is -2.46. The molecule has 19 heavy (non-hydrogen) atoms. The van der Waals surface area contributed by atoms with Crippen molar-refractivity contribution in [1.29, 1.82) is 0 Å². The summed E-state index contributed by atoms with van der Waals surface area (Å²) >= 11 is 6.68. The molecule has 2 N–H and O–H groups in total. The van der Waals surface area contributed by atoms with Crippen LogP contribution in [-0.2, 0) is 4.74 Å². The van der Waals surface area contributed by atoms with E-state index in [9.17, 15) is 9.90 Å². The second-order valence-electron chi connectivity index (χ2n) is 4.64. The van der Waals surface area contributed by atoms with Gasteiger partial charge in [0.05, 0.1) is 11.2 Å². The van der Waals surface area contributed by atoms with E-state index >= 15 is 0 Å². The van der Waals surface area contributed by atoms with Gasteiger partial charge in [-0.05, 0) is 34.1 Å². The Morgan fingerprint density at radius 3 is 2.74 bits per heavy atom. The lowest BCUT2D eigenvalue weighted by molar-refractivity contribution is -0.0605. The van der Waals surface area contributed by atoms with E-state index in [1.807, 2.05) is 12.1 Å². The van der Waals surface area contributed by atoms with Crippen LogP contribution in [0.15, 0.2) is 27.1 Å². The Hall–Kier alpha value is -0.430. The summed E-state index contributed by atoms with van der Waals surface area (Å²) in [4.78, 5) is 12.1. The molecule has 1 aliphatic heterocycles. The summed E-state index contributed by atoms with van der Waals surface area (Å²) in [6, 6.07) is 5.41. The van der Waals surface area contributed by atoms with Gasteiger partial charge in [-0.15, -0.1) is 0 Å². The Morgan fingerprint density at radius 2 is 2.05 bits per heavy atom. The first kappa shape index (κ1) is 15.0. The molecule has 104 valence electrons. The molecule has 0 saturated carbocycles. The molecular weight excluding hydrogens is 378 g/mol. The van der Waals surface area contributed by atoms with Crippen molar-refractivity contribution in [2.24, 2.45) is 0 Å². The zero-order valence-electron chi connectivity index (χ0n) is 10.3. The number of rotatable bonds is 3. The number of hydrogen-bond donors (Lipinski definition) is 2. The number of nitrogens with one attached hydrogen (secondary N) is 1. The average Bonchev–Trinajstić information content (AvgIpc) is 2.40. The summed E-state index contributed by atoms with van der Waals surface area (Å²) in [6.45, 7) is 1.31. The second-order valence-corrected chi connectivity index (χ2v) is 6.41. The largest absolute Gasteiger partial charge is 0.388 e. The van der Waals surface area contributed by atoms with Crippen molar-refractivity contribution in [3.63, 3.8) is 0 Å². The van der Waals surface area contributed by atoms with Crippen LogP contribution in [0.3, 0.4) is 0 Å². The molecule has 4 nitrogen and oxygen atoms in total. The van der Waals surface area contributed by atoms with Crippen molar-refractivity contribution in [2.75, 3.05) is 19.8 Å². The predicted octanol–water partition coefficient (Wildman–Crippen LogP) is 2.48. The van der Waals surface area contributed by atoms with Crippen LogP contribution in [-0.4, -0.2) is 36.4 Å². The summed E-state index contributed by atoms with van der Waals surface area (Å²) < 4.78 is 6.77. The SMILES string of the molecule is O=C(NCC1(O)CCOCC1)c1cc(Br)ccc1Br. The van der Waals surface area contributed by atoms with Gasteiger partial charge in [-0.2, -0.15) is 0 Å². The average molecular weight is 393 g/mol. The maximum Gasteiger partial charge on any atom is 0.252 e. The first-order valence-corrected chi connectivity index (χ1v) is 7.62. The summed E-state index contributed by atoms with van der Waals surface area (Å²) in [5.74, 6) is -0.201. The first-order chi connectivity index (χ1) is 9.00. The standard InChI is InChI=1S/C13H15Br2NO3/c14-9-1-2-11(15)10(7-9)12(17)16-8-13(18)3-5-19-6-4-13/h1-2,7,18H,3-6,8H2,(H,16,17). The van der Waals surface area contributed by atoms with Crippen molar-refractivity contribution in [2.45, 2.75) is 18.4 Å². The topological polar surface area (TPSA) is 58.6 Å². The Morgan fingerprint density at radius 1 is 1.37 bits per heavy atom. The monoisotopic (exact) mass is 391 g/mol. The fourth-order valence-corrected chi connectivity index (χ4v) is 2.73. The Kier molecular flexibility index (Phi) is 5.00. The van der Waals surface area contributed by atoms with Crippen molar-refractivity contribution >= 4 is 37.8 Å². The van der Waals surface area contributed by atoms with Crippen molar-refractivity contribution in [3.8, 4) is 0 Å². The van der Waals surface area contributed by atoms with Crippen molar-refractivity contribution < 1.29 is 14.6 Å². The molecule has 1 fully saturated rings. The molecular formula is C13H15Br2NO3. The Labute approximate surface area is 128 Å². The van der Waals surface area contributed by atoms with Gasteiger partial charge in [0.2, 0.25) is 0 Å². The van der Waals surface area contributed by atoms with Crippen LogP contribution >= 0.6 is 31.9 Å². The van der Waals surface area contributed by atoms with Crippen LogP contribution in [0.5, 0.6) is 0 Å². The molecule has 1 amide bonds. The predicted molar refractivity (Wildman–Crippen MR) is 79.2 cm³/mol. The van der Waals surface area contributed by atoms with Crippen LogP contribution < -0.4 is 5.32 Å². The number of halogens is 2. The molecule has 1 aromatic rings. The number of aliphatic hydroxyl groups is 1. The van der Waals surface area contributed by atoms with Crippen molar-refractivity contribution in [3.05, 3.63) is 32.7 Å². The zero-order chi connectivity index (χ0) is 13.9. The lowest BCUT2D eigenvalue weighted by Gasteiger charge is -2.32. The molecule has 6 heteroatoms. The first-order valence-electron chi connectivity index (χ1n) is 6.04. The van der Waals surface area contributed by atoms with Crippen molar-refractivity contribution in [1.82, 2.24) is 5.32 Å². The van der Waals surface area contributed by atoms with E-state index in [-0.39, 0.29) is 12.5 Å². The highest BCUT2D eigenvalue weighted by atomic mass is 79.9. The van der Waals surface area contributed by atoms with Gasteiger partial charge < -0.3 is 15.2 Å². The van der Waals surface area contributed by atoms with E-state index < -0.39 is 5.60 Å². The third kappa shape index (κ3) is 4.02. The third-order valence-corrected chi connectivity index (χ3v) is 4.36. The molecule has 2 rings (SSSR count). The number of benzene rings is 1. The van der Waals surface area contributed by atoms with Gasteiger partial charge >= 0.3 is 0 Å².